The molecular formula is C14H17N3OS. The molecule has 4 nitrogen and oxygen atoms in total. The summed E-state index contributed by atoms with van der Waals surface area (Å²) in [6.45, 7) is 3.81. The monoisotopic (exact) mass is 275 g/mol. The highest BCUT2D eigenvalue weighted by Gasteiger charge is 2.14. The summed E-state index contributed by atoms with van der Waals surface area (Å²) >= 11 is 1.70. The lowest BCUT2D eigenvalue weighted by atomic mass is 10.1. The highest BCUT2D eigenvalue weighted by molar-refractivity contribution is 7.98. The van der Waals surface area contributed by atoms with Gasteiger partial charge in [-0.15, -0.1) is 11.8 Å². The third-order valence-corrected chi connectivity index (χ3v) is 3.78. The molecule has 100 valence electrons. The molecule has 0 spiro atoms. The fraction of sp³-hybridized carbons (Fsp3) is 0.286. The molecule has 0 fully saturated rings. The number of hydrogen-bond donors (Lipinski definition) is 2. The molecule has 0 unspecified atom stereocenters. The molecule has 1 aromatic heterocycles. The van der Waals surface area contributed by atoms with Gasteiger partial charge in [0.05, 0.1) is 17.8 Å². The van der Waals surface area contributed by atoms with Crippen molar-refractivity contribution in [3.63, 3.8) is 0 Å². The molecule has 1 heterocycles. The van der Waals surface area contributed by atoms with Gasteiger partial charge in [0.2, 0.25) is 0 Å². The van der Waals surface area contributed by atoms with Crippen LogP contribution in [-0.2, 0) is 0 Å². The first-order chi connectivity index (χ1) is 9.11. The summed E-state index contributed by atoms with van der Waals surface area (Å²) < 4.78 is 0. The minimum Gasteiger partial charge on any atom is -0.345 e. The van der Waals surface area contributed by atoms with Crippen molar-refractivity contribution >= 4 is 17.7 Å². The fourth-order valence-electron chi connectivity index (χ4n) is 1.83. The average Bonchev–Trinajstić information content (AvgIpc) is 2.85. The van der Waals surface area contributed by atoms with Crippen molar-refractivity contribution in [3.8, 4) is 0 Å². The maximum atomic E-state index is 12.1. The minimum absolute atomic E-state index is 0.0299. The van der Waals surface area contributed by atoms with Crippen molar-refractivity contribution in [2.24, 2.45) is 0 Å². The predicted molar refractivity (Wildman–Crippen MR) is 77.4 cm³/mol. The van der Waals surface area contributed by atoms with Crippen LogP contribution in [-0.4, -0.2) is 22.4 Å². The second kappa shape index (κ2) is 5.93. The smallest absolute Gasteiger partial charge is 0.255 e. The van der Waals surface area contributed by atoms with Gasteiger partial charge in [-0.05, 0) is 37.8 Å². The van der Waals surface area contributed by atoms with Crippen LogP contribution in [0.4, 0.5) is 0 Å². The maximum Gasteiger partial charge on any atom is 0.255 e. The Labute approximate surface area is 117 Å². The molecule has 0 bridgehead atoms. The van der Waals surface area contributed by atoms with Gasteiger partial charge < -0.3 is 5.32 Å². The SMILES string of the molecule is CSc1ccc([C@H](C)NC(=O)c2cn[nH]c2C)cc1. The Morgan fingerprint density at radius 1 is 1.37 bits per heavy atom. The number of nitrogens with one attached hydrogen (secondary N) is 2. The van der Waals surface area contributed by atoms with Crippen molar-refractivity contribution in [1.82, 2.24) is 15.5 Å². The summed E-state index contributed by atoms with van der Waals surface area (Å²) in [7, 11) is 0. The van der Waals surface area contributed by atoms with Crippen LogP contribution in [0.3, 0.4) is 0 Å². The van der Waals surface area contributed by atoms with Crippen LogP contribution in [0.2, 0.25) is 0 Å². The van der Waals surface area contributed by atoms with E-state index in [0.29, 0.717) is 5.56 Å². The Morgan fingerprint density at radius 2 is 2.05 bits per heavy atom. The lowest BCUT2D eigenvalue weighted by molar-refractivity contribution is 0.0939. The number of aromatic amines is 1. The van der Waals surface area contributed by atoms with Crippen molar-refractivity contribution in [2.75, 3.05) is 6.26 Å². The van der Waals surface area contributed by atoms with E-state index in [9.17, 15) is 4.79 Å². The number of aromatic nitrogens is 2. The van der Waals surface area contributed by atoms with E-state index in [4.69, 9.17) is 0 Å². The highest BCUT2D eigenvalue weighted by Crippen LogP contribution is 2.19. The van der Waals surface area contributed by atoms with E-state index in [2.05, 4.69) is 27.6 Å². The number of benzene rings is 1. The number of H-pyrrole nitrogens is 1. The van der Waals surface area contributed by atoms with Gasteiger partial charge in [-0.1, -0.05) is 12.1 Å². The lowest BCUT2D eigenvalue weighted by Gasteiger charge is -2.14. The second-order valence-corrected chi connectivity index (χ2v) is 5.26. The van der Waals surface area contributed by atoms with E-state index < -0.39 is 0 Å². The van der Waals surface area contributed by atoms with Gasteiger partial charge in [0.15, 0.2) is 0 Å². The molecule has 0 aliphatic carbocycles. The van der Waals surface area contributed by atoms with Crippen LogP contribution in [0.1, 0.15) is 34.6 Å². The van der Waals surface area contributed by atoms with Crippen LogP contribution in [0, 0.1) is 6.92 Å². The Morgan fingerprint density at radius 3 is 2.58 bits per heavy atom. The van der Waals surface area contributed by atoms with Gasteiger partial charge in [0.1, 0.15) is 0 Å². The molecule has 1 atom stereocenters. The number of hydrogen-bond acceptors (Lipinski definition) is 3. The third-order valence-electron chi connectivity index (χ3n) is 3.04. The number of thioether (sulfide) groups is 1. The number of nitrogens with zero attached hydrogens (tertiary/aromatic N) is 1. The van der Waals surface area contributed by atoms with Crippen LogP contribution in [0.5, 0.6) is 0 Å². The van der Waals surface area contributed by atoms with E-state index >= 15 is 0 Å². The molecule has 2 aromatic rings. The first kappa shape index (κ1) is 13.7. The Hall–Kier alpha value is -1.75. The number of aryl methyl sites for hydroxylation is 1. The number of carbonyl (C=O) groups excluding carboxylic acids is 1. The van der Waals surface area contributed by atoms with E-state index in [-0.39, 0.29) is 11.9 Å². The standard InChI is InChI=1S/C14H17N3OS/c1-9(11-4-6-12(19-3)7-5-11)16-14(18)13-8-15-17-10(13)2/h4-9H,1-3H3,(H,15,17)(H,16,18)/t9-/m0/s1. The molecule has 19 heavy (non-hydrogen) atoms. The second-order valence-electron chi connectivity index (χ2n) is 4.38. The molecule has 0 aliphatic heterocycles. The Balaban J connectivity index is 2.06. The van der Waals surface area contributed by atoms with Gasteiger partial charge in [-0.3, -0.25) is 9.89 Å². The highest BCUT2D eigenvalue weighted by atomic mass is 32.2. The van der Waals surface area contributed by atoms with E-state index in [1.165, 1.54) is 4.90 Å². The van der Waals surface area contributed by atoms with Crippen molar-refractivity contribution < 1.29 is 4.79 Å². The molecule has 5 heteroatoms. The summed E-state index contributed by atoms with van der Waals surface area (Å²) in [6, 6.07) is 8.17. The fourth-order valence-corrected chi connectivity index (χ4v) is 2.24. The normalized spacial score (nSPS) is 12.2. The predicted octanol–water partition coefficient (Wildman–Crippen LogP) is 2.93. The summed E-state index contributed by atoms with van der Waals surface area (Å²) in [4.78, 5) is 13.3. The largest absolute Gasteiger partial charge is 0.345 e. The number of carbonyl (C=O) groups is 1. The number of amides is 1. The zero-order valence-electron chi connectivity index (χ0n) is 11.2. The van der Waals surface area contributed by atoms with Crippen LogP contribution < -0.4 is 5.32 Å². The van der Waals surface area contributed by atoms with E-state index in [0.717, 1.165) is 11.3 Å². The minimum atomic E-state index is -0.104. The lowest BCUT2D eigenvalue weighted by Crippen LogP contribution is -2.26. The molecule has 1 amide bonds. The zero-order chi connectivity index (χ0) is 13.8. The van der Waals surface area contributed by atoms with Crippen molar-refractivity contribution in [2.45, 2.75) is 24.8 Å². The molecular weight excluding hydrogens is 258 g/mol. The molecule has 0 saturated heterocycles. The number of rotatable bonds is 4. The van der Waals surface area contributed by atoms with Crippen LogP contribution >= 0.6 is 11.8 Å². The van der Waals surface area contributed by atoms with Gasteiger partial charge >= 0.3 is 0 Å². The molecule has 2 N–H and O–H groups in total. The molecule has 1 aromatic carbocycles. The van der Waals surface area contributed by atoms with Crippen molar-refractivity contribution in [3.05, 3.63) is 47.3 Å². The summed E-state index contributed by atoms with van der Waals surface area (Å²) in [5.41, 5.74) is 2.46. The van der Waals surface area contributed by atoms with Gasteiger partial charge in [-0.2, -0.15) is 5.10 Å². The third kappa shape index (κ3) is 3.17. The topological polar surface area (TPSA) is 57.8 Å². The Bertz CT molecular complexity index is 562. The average molecular weight is 275 g/mol. The summed E-state index contributed by atoms with van der Waals surface area (Å²) in [5, 5.41) is 9.59. The van der Waals surface area contributed by atoms with Gasteiger partial charge in [0.25, 0.3) is 5.91 Å². The van der Waals surface area contributed by atoms with Crippen LogP contribution in [0.25, 0.3) is 0 Å². The molecule has 0 radical (unpaired) electrons. The molecule has 2 rings (SSSR count). The van der Waals surface area contributed by atoms with Crippen LogP contribution in [0.15, 0.2) is 35.4 Å². The maximum absolute atomic E-state index is 12.1. The van der Waals surface area contributed by atoms with Gasteiger partial charge in [0, 0.05) is 10.6 Å². The van der Waals surface area contributed by atoms with E-state index in [1.54, 1.807) is 18.0 Å². The Kier molecular flexibility index (Phi) is 4.27. The summed E-state index contributed by atoms with van der Waals surface area (Å²) in [6.07, 6.45) is 3.59. The van der Waals surface area contributed by atoms with Crippen molar-refractivity contribution in [1.29, 1.82) is 0 Å². The first-order valence-electron chi connectivity index (χ1n) is 6.06. The first-order valence-corrected chi connectivity index (χ1v) is 7.29. The zero-order valence-corrected chi connectivity index (χ0v) is 12.0. The quantitative estimate of drug-likeness (QED) is 0.843. The molecule has 0 saturated carbocycles. The molecule has 0 aliphatic rings. The van der Waals surface area contributed by atoms with E-state index in [1.807, 2.05) is 32.2 Å². The summed E-state index contributed by atoms with van der Waals surface area (Å²) in [5.74, 6) is -0.104. The van der Waals surface area contributed by atoms with Gasteiger partial charge in [-0.25, -0.2) is 0 Å².